The van der Waals surface area contributed by atoms with Crippen LogP contribution in [0.4, 0.5) is 0 Å². The highest BCUT2D eigenvalue weighted by Gasteiger charge is 2.09. The van der Waals surface area contributed by atoms with Crippen molar-refractivity contribution < 1.29 is 14.3 Å². The molecule has 0 fully saturated rings. The smallest absolute Gasteiger partial charge is 0.271 e. The lowest BCUT2D eigenvalue weighted by atomic mass is 10.2. The van der Waals surface area contributed by atoms with Crippen molar-refractivity contribution in [2.24, 2.45) is 5.10 Å². The molecule has 0 saturated carbocycles. The van der Waals surface area contributed by atoms with Crippen LogP contribution in [0.5, 0.6) is 11.5 Å². The number of carbonyl (C=O) groups excluding carboxylic acids is 1. The van der Waals surface area contributed by atoms with Crippen molar-refractivity contribution in [3.63, 3.8) is 0 Å². The number of rotatable bonds is 5. The first-order chi connectivity index (χ1) is 10.1. The Labute approximate surface area is 127 Å². The fourth-order valence-corrected chi connectivity index (χ4v) is 2.46. The number of hydrogen-bond donors (Lipinski definition) is 1. The molecule has 1 aromatic carbocycles. The van der Waals surface area contributed by atoms with Crippen LogP contribution in [0.2, 0.25) is 0 Å². The van der Waals surface area contributed by atoms with Gasteiger partial charge in [0.1, 0.15) is 11.5 Å². The molecular formula is C15H16N2O3S. The summed E-state index contributed by atoms with van der Waals surface area (Å²) in [6.45, 7) is 1.99. The first-order valence-corrected chi connectivity index (χ1v) is 7.12. The number of amides is 1. The Bertz CT molecular complexity index is 642. The predicted octanol–water partition coefficient (Wildman–Crippen LogP) is 2.84. The van der Waals surface area contributed by atoms with Crippen molar-refractivity contribution in [3.8, 4) is 11.5 Å². The Kier molecular flexibility index (Phi) is 4.94. The van der Waals surface area contributed by atoms with E-state index in [1.807, 2.05) is 18.4 Å². The van der Waals surface area contributed by atoms with Gasteiger partial charge in [-0.15, -0.1) is 11.3 Å². The Morgan fingerprint density at radius 2 is 1.90 bits per heavy atom. The second kappa shape index (κ2) is 6.90. The minimum absolute atomic E-state index is 0.322. The van der Waals surface area contributed by atoms with E-state index in [0.29, 0.717) is 17.1 Å². The third-order valence-electron chi connectivity index (χ3n) is 2.86. The lowest BCUT2D eigenvalue weighted by Crippen LogP contribution is -2.17. The van der Waals surface area contributed by atoms with Crippen molar-refractivity contribution >= 4 is 23.5 Å². The molecule has 0 aliphatic carbocycles. The van der Waals surface area contributed by atoms with E-state index in [9.17, 15) is 4.79 Å². The molecule has 6 heteroatoms. The van der Waals surface area contributed by atoms with E-state index in [-0.39, 0.29) is 5.91 Å². The van der Waals surface area contributed by atoms with Crippen LogP contribution in [0, 0.1) is 6.92 Å². The number of methoxy groups -OCH3 is 2. The first kappa shape index (κ1) is 15.1. The summed E-state index contributed by atoms with van der Waals surface area (Å²) >= 11 is 1.57. The average molecular weight is 304 g/mol. The maximum Gasteiger partial charge on any atom is 0.271 e. The molecule has 21 heavy (non-hydrogen) atoms. The second-order valence-corrected chi connectivity index (χ2v) is 5.22. The molecule has 1 amide bonds. The number of hydrogen-bond acceptors (Lipinski definition) is 5. The van der Waals surface area contributed by atoms with Gasteiger partial charge in [-0.25, -0.2) is 5.43 Å². The van der Waals surface area contributed by atoms with E-state index in [1.165, 1.54) is 14.2 Å². The summed E-state index contributed by atoms with van der Waals surface area (Å²) in [7, 11) is 3.07. The molecule has 2 aromatic rings. The number of nitrogens with zero attached hydrogens (tertiary/aromatic N) is 1. The molecule has 5 nitrogen and oxygen atoms in total. The normalized spacial score (nSPS) is 10.6. The fraction of sp³-hybridized carbons (Fsp3) is 0.200. The molecule has 1 aromatic heterocycles. The lowest BCUT2D eigenvalue weighted by Gasteiger charge is -2.07. The average Bonchev–Trinajstić information content (AvgIpc) is 2.92. The number of carbonyl (C=O) groups is 1. The molecule has 0 spiro atoms. The minimum atomic E-state index is -0.322. The van der Waals surface area contributed by atoms with Gasteiger partial charge in [0.05, 0.1) is 20.4 Å². The van der Waals surface area contributed by atoms with Crippen LogP contribution >= 0.6 is 11.3 Å². The van der Waals surface area contributed by atoms with Crippen molar-refractivity contribution in [3.05, 3.63) is 45.6 Å². The molecule has 1 N–H and O–H groups in total. The van der Waals surface area contributed by atoms with E-state index in [4.69, 9.17) is 9.47 Å². The Hall–Kier alpha value is -2.34. The van der Waals surface area contributed by atoms with Gasteiger partial charge in [-0.2, -0.15) is 5.10 Å². The largest absolute Gasteiger partial charge is 0.497 e. The highest BCUT2D eigenvalue weighted by molar-refractivity contribution is 7.11. The van der Waals surface area contributed by atoms with Gasteiger partial charge >= 0.3 is 0 Å². The molecule has 0 unspecified atom stereocenters. The van der Waals surface area contributed by atoms with Gasteiger partial charge in [-0.05, 0) is 36.1 Å². The van der Waals surface area contributed by atoms with Gasteiger partial charge in [-0.3, -0.25) is 4.79 Å². The van der Waals surface area contributed by atoms with E-state index in [1.54, 1.807) is 35.8 Å². The highest BCUT2D eigenvalue weighted by atomic mass is 32.1. The van der Waals surface area contributed by atoms with Gasteiger partial charge in [0.25, 0.3) is 5.91 Å². The van der Waals surface area contributed by atoms with Gasteiger partial charge in [0.2, 0.25) is 0 Å². The number of benzene rings is 1. The molecule has 0 aliphatic rings. The van der Waals surface area contributed by atoms with Crippen LogP contribution in [0.1, 0.15) is 20.8 Å². The Morgan fingerprint density at radius 1 is 1.24 bits per heavy atom. The zero-order valence-corrected chi connectivity index (χ0v) is 12.9. The van der Waals surface area contributed by atoms with Gasteiger partial charge in [0.15, 0.2) is 0 Å². The molecule has 1 heterocycles. The summed E-state index contributed by atoms with van der Waals surface area (Å²) < 4.78 is 10.3. The SMILES string of the molecule is COc1cc(OC)cc(C(=O)N/N=C/c2sccc2C)c1. The summed E-state index contributed by atoms with van der Waals surface area (Å²) in [5.74, 6) is 0.785. The number of ether oxygens (including phenoxy) is 2. The summed E-state index contributed by atoms with van der Waals surface area (Å²) in [5, 5.41) is 5.94. The third-order valence-corrected chi connectivity index (χ3v) is 3.82. The standard InChI is InChI=1S/C15H16N2O3S/c1-10-4-5-21-14(10)9-16-17-15(18)11-6-12(19-2)8-13(7-11)20-3/h4-9H,1-3H3,(H,17,18)/b16-9+. The first-order valence-electron chi connectivity index (χ1n) is 6.24. The maximum absolute atomic E-state index is 12.1. The number of thiophene rings is 1. The molecule has 110 valence electrons. The number of hydrazone groups is 1. The van der Waals surface area contributed by atoms with Crippen LogP contribution in [-0.4, -0.2) is 26.3 Å². The molecule has 0 radical (unpaired) electrons. The molecule has 0 atom stereocenters. The quantitative estimate of drug-likeness (QED) is 0.682. The van der Waals surface area contributed by atoms with Crippen molar-refractivity contribution in [1.29, 1.82) is 0 Å². The van der Waals surface area contributed by atoms with Crippen molar-refractivity contribution in [2.75, 3.05) is 14.2 Å². The summed E-state index contributed by atoms with van der Waals surface area (Å²) in [6, 6.07) is 6.96. The Morgan fingerprint density at radius 3 is 2.43 bits per heavy atom. The molecular weight excluding hydrogens is 288 g/mol. The third kappa shape index (κ3) is 3.82. The second-order valence-electron chi connectivity index (χ2n) is 4.27. The monoisotopic (exact) mass is 304 g/mol. The van der Waals surface area contributed by atoms with Crippen LogP contribution in [0.25, 0.3) is 0 Å². The zero-order chi connectivity index (χ0) is 15.2. The fourth-order valence-electron chi connectivity index (χ4n) is 1.67. The molecule has 0 aliphatic heterocycles. The summed E-state index contributed by atoms with van der Waals surface area (Å²) in [6.07, 6.45) is 1.63. The van der Waals surface area contributed by atoms with Crippen molar-refractivity contribution in [1.82, 2.24) is 5.43 Å². The van der Waals surface area contributed by atoms with E-state index >= 15 is 0 Å². The number of nitrogens with one attached hydrogen (secondary N) is 1. The zero-order valence-electron chi connectivity index (χ0n) is 12.0. The van der Waals surface area contributed by atoms with E-state index in [0.717, 1.165) is 10.4 Å². The van der Waals surface area contributed by atoms with E-state index in [2.05, 4.69) is 10.5 Å². The van der Waals surface area contributed by atoms with Crippen LogP contribution in [0.3, 0.4) is 0 Å². The maximum atomic E-state index is 12.1. The summed E-state index contributed by atoms with van der Waals surface area (Å²) in [5.41, 5.74) is 4.04. The van der Waals surface area contributed by atoms with Crippen LogP contribution < -0.4 is 14.9 Å². The highest BCUT2D eigenvalue weighted by Crippen LogP contribution is 2.22. The van der Waals surface area contributed by atoms with Gasteiger partial charge in [-0.1, -0.05) is 0 Å². The van der Waals surface area contributed by atoms with Gasteiger partial charge in [0, 0.05) is 16.5 Å². The predicted molar refractivity (Wildman–Crippen MR) is 83.7 cm³/mol. The topological polar surface area (TPSA) is 59.9 Å². The summed E-state index contributed by atoms with van der Waals surface area (Å²) in [4.78, 5) is 13.1. The molecule has 0 saturated heterocycles. The van der Waals surface area contributed by atoms with Crippen molar-refractivity contribution in [2.45, 2.75) is 6.92 Å². The van der Waals surface area contributed by atoms with Gasteiger partial charge < -0.3 is 9.47 Å². The van der Waals surface area contributed by atoms with Crippen LogP contribution in [0.15, 0.2) is 34.7 Å². The van der Waals surface area contributed by atoms with Crippen LogP contribution in [-0.2, 0) is 0 Å². The van der Waals surface area contributed by atoms with E-state index < -0.39 is 0 Å². The molecule has 0 bridgehead atoms. The Balaban J connectivity index is 2.10. The number of aryl methyl sites for hydroxylation is 1. The lowest BCUT2D eigenvalue weighted by molar-refractivity contribution is 0.0954. The molecule has 2 rings (SSSR count). The minimum Gasteiger partial charge on any atom is -0.497 e.